The van der Waals surface area contributed by atoms with E-state index in [0.717, 1.165) is 11.8 Å². The highest BCUT2D eigenvalue weighted by molar-refractivity contribution is 6.31. The van der Waals surface area contributed by atoms with Crippen molar-refractivity contribution in [2.45, 2.75) is 32.1 Å². The molecule has 0 unspecified atom stereocenters. The van der Waals surface area contributed by atoms with E-state index in [9.17, 15) is 4.79 Å². The first kappa shape index (κ1) is 13.7. The Labute approximate surface area is 124 Å². The van der Waals surface area contributed by atoms with Gasteiger partial charge in [0.15, 0.2) is 0 Å². The molecule has 0 aliphatic heterocycles. The zero-order valence-corrected chi connectivity index (χ0v) is 12.5. The Morgan fingerprint density at radius 3 is 2.90 bits per heavy atom. The average molecular weight is 294 g/mol. The Hall–Kier alpha value is -1.22. The molecule has 2 aliphatic carbocycles. The molecular formula is C16H20ClNO2. The number of benzene rings is 1. The van der Waals surface area contributed by atoms with Crippen molar-refractivity contribution < 1.29 is 9.53 Å². The van der Waals surface area contributed by atoms with Gasteiger partial charge in [-0.3, -0.25) is 4.79 Å². The van der Waals surface area contributed by atoms with Crippen LogP contribution in [0.25, 0.3) is 0 Å². The van der Waals surface area contributed by atoms with Crippen LogP contribution in [0, 0.1) is 17.8 Å². The third-order valence-electron chi connectivity index (χ3n) is 4.77. The van der Waals surface area contributed by atoms with Gasteiger partial charge in [-0.2, -0.15) is 0 Å². The van der Waals surface area contributed by atoms with E-state index in [2.05, 4.69) is 5.32 Å². The van der Waals surface area contributed by atoms with Crippen molar-refractivity contribution in [1.82, 2.24) is 0 Å². The lowest BCUT2D eigenvalue weighted by Gasteiger charge is -2.21. The minimum atomic E-state index is 0.0723. The Morgan fingerprint density at radius 1 is 1.40 bits per heavy atom. The number of halogens is 1. The van der Waals surface area contributed by atoms with Gasteiger partial charge >= 0.3 is 0 Å². The molecule has 1 aromatic rings. The van der Waals surface area contributed by atoms with E-state index >= 15 is 0 Å². The fourth-order valence-corrected chi connectivity index (χ4v) is 4.02. The van der Waals surface area contributed by atoms with Gasteiger partial charge in [0.2, 0.25) is 5.91 Å². The van der Waals surface area contributed by atoms with E-state index in [1.807, 2.05) is 0 Å². The van der Waals surface area contributed by atoms with Gasteiger partial charge in [0.1, 0.15) is 5.75 Å². The van der Waals surface area contributed by atoms with Crippen LogP contribution in [0.2, 0.25) is 5.02 Å². The van der Waals surface area contributed by atoms with Gasteiger partial charge in [-0.05, 0) is 55.2 Å². The number of carbonyl (C=O) groups is 1. The topological polar surface area (TPSA) is 38.3 Å². The van der Waals surface area contributed by atoms with E-state index in [-0.39, 0.29) is 5.91 Å². The van der Waals surface area contributed by atoms with Crippen LogP contribution < -0.4 is 10.1 Å². The van der Waals surface area contributed by atoms with Crippen LogP contribution in [0.3, 0.4) is 0 Å². The summed E-state index contributed by atoms with van der Waals surface area (Å²) in [5, 5.41) is 3.54. The first-order valence-corrected chi connectivity index (χ1v) is 7.67. The van der Waals surface area contributed by atoms with E-state index in [4.69, 9.17) is 16.3 Å². The molecule has 1 aromatic carbocycles. The lowest BCUT2D eigenvalue weighted by molar-refractivity contribution is -0.117. The summed E-state index contributed by atoms with van der Waals surface area (Å²) < 4.78 is 5.25. The predicted octanol–water partition coefficient (Wildman–Crippen LogP) is 4.11. The average Bonchev–Trinajstić information content (AvgIpc) is 3.01. The van der Waals surface area contributed by atoms with Crippen molar-refractivity contribution in [3.05, 3.63) is 23.2 Å². The van der Waals surface area contributed by atoms with Crippen molar-refractivity contribution in [3.63, 3.8) is 0 Å². The SMILES string of the molecule is COc1ccc(Cl)cc1NC(=O)C[C@@H]1C[C@H]2CC[C@@H]1C2. The Kier molecular flexibility index (Phi) is 3.88. The summed E-state index contributed by atoms with van der Waals surface area (Å²) in [6.07, 6.45) is 5.86. The van der Waals surface area contributed by atoms with Crippen molar-refractivity contribution in [1.29, 1.82) is 0 Å². The molecule has 4 heteroatoms. The summed E-state index contributed by atoms with van der Waals surface area (Å²) >= 11 is 5.97. The van der Waals surface area contributed by atoms with Crippen molar-refractivity contribution in [2.24, 2.45) is 17.8 Å². The zero-order valence-electron chi connectivity index (χ0n) is 11.7. The van der Waals surface area contributed by atoms with Crippen LogP contribution in [-0.4, -0.2) is 13.0 Å². The lowest BCUT2D eigenvalue weighted by Crippen LogP contribution is -2.20. The summed E-state index contributed by atoms with van der Waals surface area (Å²) in [6, 6.07) is 5.26. The molecule has 1 amide bonds. The number of hydrogen-bond acceptors (Lipinski definition) is 2. The maximum atomic E-state index is 12.2. The first-order chi connectivity index (χ1) is 9.65. The van der Waals surface area contributed by atoms with Crippen LogP contribution in [0.15, 0.2) is 18.2 Å². The Balaban J connectivity index is 1.63. The number of fused-ring (bicyclic) bond motifs is 2. The van der Waals surface area contributed by atoms with Crippen LogP contribution in [0.4, 0.5) is 5.69 Å². The summed E-state index contributed by atoms with van der Waals surface area (Å²) in [4.78, 5) is 12.2. The quantitative estimate of drug-likeness (QED) is 0.907. The maximum Gasteiger partial charge on any atom is 0.224 e. The minimum absolute atomic E-state index is 0.0723. The molecule has 2 bridgehead atoms. The fourth-order valence-electron chi connectivity index (χ4n) is 3.84. The number of methoxy groups -OCH3 is 1. The number of nitrogens with one attached hydrogen (secondary N) is 1. The molecule has 0 aromatic heterocycles. The maximum absolute atomic E-state index is 12.2. The lowest BCUT2D eigenvalue weighted by atomic mass is 9.86. The standard InChI is InChI=1S/C16H20ClNO2/c1-20-15-5-4-13(17)9-14(15)18-16(19)8-12-7-10-2-3-11(12)6-10/h4-5,9-12H,2-3,6-8H2,1H3,(H,18,19)/t10-,11+,12-/m0/s1. The van der Waals surface area contributed by atoms with E-state index in [1.54, 1.807) is 25.3 Å². The normalized spacial score (nSPS) is 27.6. The molecule has 0 heterocycles. The Bertz CT molecular complexity index is 517. The van der Waals surface area contributed by atoms with Gasteiger partial charge in [0.25, 0.3) is 0 Å². The third kappa shape index (κ3) is 2.78. The predicted molar refractivity (Wildman–Crippen MR) is 80.2 cm³/mol. The molecule has 0 saturated heterocycles. The molecular weight excluding hydrogens is 274 g/mol. The van der Waals surface area contributed by atoms with E-state index in [0.29, 0.717) is 28.8 Å². The number of hydrogen-bond donors (Lipinski definition) is 1. The van der Waals surface area contributed by atoms with Gasteiger partial charge in [-0.1, -0.05) is 18.0 Å². The highest BCUT2D eigenvalue weighted by Gasteiger charge is 2.40. The Morgan fingerprint density at radius 2 is 2.25 bits per heavy atom. The summed E-state index contributed by atoms with van der Waals surface area (Å²) in [5.41, 5.74) is 0.660. The largest absolute Gasteiger partial charge is 0.495 e. The smallest absolute Gasteiger partial charge is 0.224 e. The molecule has 3 nitrogen and oxygen atoms in total. The molecule has 20 heavy (non-hydrogen) atoms. The summed E-state index contributed by atoms with van der Waals surface area (Å²) in [5.74, 6) is 2.93. The van der Waals surface area contributed by atoms with Crippen LogP contribution in [-0.2, 0) is 4.79 Å². The second-order valence-corrected chi connectivity index (χ2v) is 6.47. The van der Waals surface area contributed by atoms with Gasteiger partial charge in [-0.25, -0.2) is 0 Å². The van der Waals surface area contributed by atoms with Crippen LogP contribution in [0.5, 0.6) is 5.75 Å². The summed E-state index contributed by atoms with van der Waals surface area (Å²) in [7, 11) is 1.59. The number of carbonyl (C=O) groups excluding carboxylic acids is 1. The first-order valence-electron chi connectivity index (χ1n) is 7.29. The van der Waals surface area contributed by atoms with Crippen molar-refractivity contribution >= 4 is 23.2 Å². The number of rotatable bonds is 4. The highest BCUT2D eigenvalue weighted by Crippen LogP contribution is 2.49. The van der Waals surface area contributed by atoms with E-state index < -0.39 is 0 Å². The third-order valence-corrected chi connectivity index (χ3v) is 5.00. The molecule has 3 atom stereocenters. The molecule has 2 aliphatic rings. The molecule has 2 saturated carbocycles. The molecule has 0 radical (unpaired) electrons. The van der Waals surface area contributed by atoms with Crippen LogP contribution in [0.1, 0.15) is 32.1 Å². The monoisotopic (exact) mass is 293 g/mol. The summed E-state index contributed by atoms with van der Waals surface area (Å²) in [6.45, 7) is 0. The minimum Gasteiger partial charge on any atom is -0.495 e. The zero-order chi connectivity index (χ0) is 14.1. The second-order valence-electron chi connectivity index (χ2n) is 6.03. The number of ether oxygens (including phenoxy) is 1. The molecule has 0 spiro atoms. The van der Waals surface area contributed by atoms with Crippen LogP contribution >= 0.6 is 11.6 Å². The highest BCUT2D eigenvalue weighted by atomic mass is 35.5. The number of amides is 1. The molecule has 3 rings (SSSR count). The number of anilines is 1. The van der Waals surface area contributed by atoms with Crippen molar-refractivity contribution in [3.8, 4) is 5.75 Å². The van der Waals surface area contributed by atoms with E-state index in [1.165, 1.54) is 25.7 Å². The van der Waals surface area contributed by atoms with Gasteiger partial charge in [-0.15, -0.1) is 0 Å². The van der Waals surface area contributed by atoms with Gasteiger partial charge in [0, 0.05) is 11.4 Å². The van der Waals surface area contributed by atoms with Gasteiger partial charge < -0.3 is 10.1 Å². The molecule has 108 valence electrons. The van der Waals surface area contributed by atoms with Gasteiger partial charge in [0.05, 0.1) is 12.8 Å². The second kappa shape index (κ2) is 5.65. The molecule has 1 N–H and O–H groups in total. The fraction of sp³-hybridized carbons (Fsp3) is 0.562. The molecule has 2 fully saturated rings. The van der Waals surface area contributed by atoms with Crippen molar-refractivity contribution in [2.75, 3.05) is 12.4 Å².